The van der Waals surface area contributed by atoms with E-state index in [0.717, 1.165) is 30.6 Å². The van der Waals surface area contributed by atoms with Gasteiger partial charge < -0.3 is 4.74 Å². The second kappa shape index (κ2) is 5.67. The average Bonchev–Trinajstić information content (AvgIpc) is 2.53. The minimum Gasteiger partial charge on any atom is -0.497 e. The zero-order valence-electron chi connectivity index (χ0n) is 12.3. The van der Waals surface area contributed by atoms with Gasteiger partial charge in [0.2, 0.25) is 0 Å². The molecule has 0 saturated heterocycles. The van der Waals surface area contributed by atoms with Crippen molar-refractivity contribution >= 4 is 0 Å². The van der Waals surface area contributed by atoms with E-state index in [2.05, 4.69) is 6.07 Å². The fourth-order valence-electron chi connectivity index (χ4n) is 3.15. The Kier molecular flexibility index (Phi) is 3.85. The number of hydrogen-bond acceptors (Lipinski definition) is 1. The third-order valence-electron chi connectivity index (χ3n) is 4.31. The number of benzene rings is 2. The van der Waals surface area contributed by atoms with Crippen molar-refractivity contribution in [3.05, 3.63) is 64.7 Å². The van der Waals surface area contributed by atoms with Gasteiger partial charge in [-0.1, -0.05) is 18.2 Å². The van der Waals surface area contributed by atoms with Gasteiger partial charge in [0, 0.05) is 5.92 Å². The highest BCUT2D eigenvalue weighted by Crippen LogP contribution is 2.39. The molecule has 0 saturated carbocycles. The minimum atomic E-state index is -4.29. The molecular formula is C18H17F3O. The van der Waals surface area contributed by atoms with Crippen molar-refractivity contribution < 1.29 is 17.9 Å². The van der Waals surface area contributed by atoms with Gasteiger partial charge in [-0.25, -0.2) is 0 Å². The molecule has 0 fully saturated rings. The van der Waals surface area contributed by atoms with Gasteiger partial charge in [-0.05, 0) is 60.2 Å². The van der Waals surface area contributed by atoms with Crippen molar-refractivity contribution in [2.45, 2.75) is 31.4 Å². The fourth-order valence-corrected chi connectivity index (χ4v) is 3.15. The Labute approximate surface area is 127 Å². The Hall–Kier alpha value is -1.97. The molecular weight excluding hydrogens is 289 g/mol. The topological polar surface area (TPSA) is 9.23 Å². The Balaban J connectivity index is 1.97. The van der Waals surface area contributed by atoms with Gasteiger partial charge in [0.1, 0.15) is 5.75 Å². The highest BCUT2D eigenvalue weighted by Gasteiger charge is 2.30. The summed E-state index contributed by atoms with van der Waals surface area (Å²) in [7, 11) is 1.62. The first-order valence-electron chi connectivity index (χ1n) is 7.33. The summed E-state index contributed by atoms with van der Waals surface area (Å²) in [6, 6.07) is 11.5. The lowest BCUT2D eigenvalue weighted by Crippen LogP contribution is -2.12. The molecule has 1 aliphatic carbocycles. The number of aryl methyl sites for hydroxylation is 1. The third kappa shape index (κ3) is 2.82. The summed E-state index contributed by atoms with van der Waals surface area (Å²) in [5.41, 5.74) is 2.77. The van der Waals surface area contributed by atoms with E-state index in [9.17, 15) is 13.2 Å². The minimum absolute atomic E-state index is 0.140. The van der Waals surface area contributed by atoms with Gasteiger partial charge in [-0.3, -0.25) is 0 Å². The van der Waals surface area contributed by atoms with Crippen LogP contribution in [-0.4, -0.2) is 7.11 Å². The van der Waals surface area contributed by atoms with Crippen LogP contribution in [-0.2, 0) is 12.6 Å². The van der Waals surface area contributed by atoms with Crippen molar-refractivity contribution in [3.63, 3.8) is 0 Å². The number of rotatable bonds is 2. The Morgan fingerprint density at radius 1 is 1.05 bits per heavy atom. The normalized spacial score (nSPS) is 17.9. The summed E-state index contributed by atoms with van der Waals surface area (Å²) in [4.78, 5) is 0. The van der Waals surface area contributed by atoms with Gasteiger partial charge in [-0.15, -0.1) is 0 Å². The molecule has 2 aromatic rings. The summed E-state index contributed by atoms with van der Waals surface area (Å²) in [5, 5.41) is 0. The van der Waals surface area contributed by atoms with Crippen LogP contribution in [0, 0.1) is 0 Å². The summed E-state index contributed by atoms with van der Waals surface area (Å²) < 4.78 is 43.3. The first kappa shape index (κ1) is 14.9. The first-order valence-corrected chi connectivity index (χ1v) is 7.33. The van der Waals surface area contributed by atoms with Crippen LogP contribution in [0.25, 0.3) is 0 Å². The number of alkyl halides is 3. The van der Waals surface area contributed by atoms with E-state index in [1.807, 2.05) is 12.1 Å². The monoisotopic (exact) mass is 306 g/mol. The molecule has 1 unspecified atom stereocenters. The molecule has 2 aromatic carbocycles. The van der Waals surface area contributed by atoms with Crippen molar-refractivity contribution in [2.24, 2.45) is 0 Å². The molecule has 0 spiro atoms. The van der Waals surface area contributed by atoms with Crippen LogP contribution >= 0.6 is 0 Å². The zero-order chi connectivity index (χ0) is 15.7. The number of fused-ring (bicyclic) bond motifs is 1. The molecule has 116 valence electrons. The van der Waals surface area contributed by atoms with Crippen molar-refractivity contribution in [3.8, 4) is 5.75 Å². The van der Waals surface area contributed by atoms with E-state index in [1.165, 1.54) is 23.3 Å². The van der Waals surface area contributed by atoms with Gasteiger partial charge in [-0.2, -0.15) is 13.2 Å². The van der Waals surface area contributed by atoms with E-state index in [1.54, 1.807) is 19.2 Å². The summed E-state index contributed by atoms with van der Waals surface area (Å²) >= 11 is 0. The lowest BCUT2D eigenvalue weighted by Gasteiger charge is -2.26. The number of ether oxygens (including phenoxy) is 1. The fraction of sp³-hybridized carbons (Fsp3) is 0.333. The molecule has 0 aliphatic heterocycles. The predicted molar refractivity (Wildman–Crippen MR) is 79.2 cm³/mol. The largest absolute Gasteiger partial charge is 0.497 e. The van der Waals surface area contributed by atoms with Crippen LogP contribution in [0.3, 0.4) is 0 Å². The second-order valence-electron chi connectivity index (χ2n) is 5.63. The van der Waals surface area contributed by atoms with Crippen LogP contribution in [0.4, 0.5) is 13.2 Å². The maximum Gasteiger partial charge on any atom is 0.416 e. The van der Waals surface area contributed by atoms with E-state index in [4.69, 9.17) is 4.74 Å². The third-order valence-corrected chi connectivity index (χ3v) is 4.31. The van der Waals surface area contributed by atoms with Gasteiger partial charge in [0.05, 0.1) is 12.7 Å². The predicted octanol–water partition coefficient (Wildman–Crippen LogP) is 5.18. The first-order chi connectivity index (χ1) is 10.5. The van der Waals surface area contributed by atoms with E-state index >= 15 is 0 Å². The second-order valence-corrected chi connectivity index (χ2v) is 5.63. The van der Waals surface area contributed by atoms with Crippen molar-refractivity contribution in [1.29, 1.82) is 0 Å². The summed E-state index contributed by atoms with van der Waals surface area (Å²) in [6.45, 7) is 0. The number of halogens is 3. The van der Waals surface area contributed by atoms with E-state index in [0.29, 0.717) is 0 Å². The van der Waals surface area contributed by atoms with Crippen molar-refractivity contribution in [1.82, 2.24) is 0 Å². The SMILES string of the molecule is COc1ccc2c(c1)C(c1ccc(C(F)(F)F)cc1)CCC2. The molecule has 0 bridgehead atoms. The highest BCUT2D eigenvalue weighted by atomic mass is 19.4. The molecule has 1 aliphatic rings. The average molecular weight is 306 g/mol. The molecule has 0 heterocycles. The maximum atomic E-state index is 12.7. The molecule has 0 radical (unpaired) electrons. The lowest BCUT2D eigenvalue weighted by molar-refractivity contribution is -0.137. The molecule has 0 amide bonds. The molecule has 0 N–H and O–H groups in total. The highest BCUT2D eigenvalue weighted by molar-refractivity contribution is 5.44. The van der Waals surface area contributed by atoms with Crippen LogP contribution in [0.5, 0.6) is 5.75 Å². The summed E-state index contributed by atoms with van der Waals surface area (Å²) in [6.07, 6.45) is -1.28. The van der Waals surface area contributed by atoms with Crippen LogP contribution in [0.1, 0.15) is 41.0 Å². The van der Waals surface area contributed by atoms with Crippen LogP contribution in [0.2, 0.25) is 0 Å². The van der Waals surface area contributed by atoms with E-state index in [-0.39, 0.29) is 5.92 Å². The summed E-state index contributed by atoms with van der Waals surface area (Å²) in [5.74, 6) is 0.929. The van der Waals surface area contributed by atoms with Gasteiger partial charge in [0.25, 0.3) is 0 Å². The van der Waals surface area contributed by atoms with E-state index < -0.39 is 11.7 Å². The smallest absolute Gasteiger partial charge is 0.416 e. The molecule has 4 heteroatoms. The maximum absolute atomic E-state index is 12.7. The zero-order valence-corrected chi connectivity index (χ0v) is 12.3. The molecule has 0 aromatic heterocycles. The molecule has 1 nitrogen and oxygen atoms in total. The number of hydrogen-bond donors (Lipinski definition) is 0. The molecule has 1 atom stereocenters. The van der Waals surface area contributed by atoms with Crippen molar-refractivity contribution in [2.75, 3.05) is 7.11 Å². The van der Waals surface area contributed by atoms with Crippen LogP contribution < -0.4 is 4.74 Å². The molecule has 22 heavy (non-hydrogen) atoms. The molecule has 3 rings (SSSR count). The van der Waals surface area contributed by atoms with Gasteiger partial charge >= 0.3 is 6.18 Å². The Morgan fingerprint density at radius 3 is 2.41 bits per heavy atom. The standard InChI is InChI=1S/C18H17F3O/c1-22-15-10-7-12-3-2-4-16(17(12)11-15)13-5-8-14(9-6-13)18(19,20)21/h5-11,16H,2-4H2,1H3. The number of methoxy groups -OCH3 is 1. The lowest BCUT2D eigenvalue weighted by atomic mass is 9.79. The Morgan fingerprint density at radius 2 is 1.77 bits per heavy atom. The quantitative estimate of drug-likeness (QED) is 0.742. The van der Waals surface area contributed by atoms with Gasteiger partial charge in [0.15, 0.2) is 0 Å². The Bertz CT molecular complexity index is 659. The van der Waals surface area contributed by atoms with Crippen LogP contribution in [0.15, 0.2) is 42.5 Å².